The summed E-state index contributed by atoms with van der Waals surface area (Å²) in [6.45, 7) is 1.95. The topological polar surface area (TPSA) is 55.1 Å². The summed E-state index contributed by atoms with van der Waals surface area (Å²) >= 11 is 1.47. The predicted molar refractivity (Wildman–Crippen MR) is 75.4 cm³/mol. The number of carbonyl (C=O) groups is 1. The average Bonchev–Trinajstić information content (AvgIpc) is 2.91. The molecule has 1 N–H and O–H groups in total. The van der Waals surface area contributed by atoms with Crippen LogP contribution in [0.15, 0.2) is 46.2 Å². The van der Waals surface area contributed by atoms with Gasteiger partial charge >= 0.3 is 0 Å². The second-order valence-electron chi connectivity index (χ2n) is 4.22. The van der Waals surface area contributed by atoms with E-state index in [1.165, 1.54) is 11.8 Å². The first-order valence-corrected chi connectivity index (χ1v) is 7.25. The molecule has 1 unspecified atom stereocenters. The number of nitrogens with zero attached hydrogens (tertiary/aromatic N) is 1. The molecule has 0 fully saturated rings. The van der Waals surface area contributed by atoms with Crippen molar-refractivity contribution in [3.05, 3.63) is 48.0 Å². The highest BCUT2D eigenvalue weighted by atomic mass is 32.2. The Bertz CT molecular complexity index is 540. The van der Waals surface area contributed by atoms with Crippen molar-refractivity contribution in [2.45, 2.75) is 24.4 Å². The molecule has 0 saturated heterocycles. The summed E-state index contributed by atoms with van der Waals surface area (Å²) in [6.07, 6.45) is 5.91. The molecule has 0 bridgehead atoms. The Hall–Kier alpha value is -1.75. The zero-order valence-corrected chi connectivity index (χ0v) is 11.7. The van der Waals surface area contributed by atoms with Gasteiger partial charge in [0.15, 0.2) is 0 Å². The maximum Gasteiger partial charge on any atom is 0.254 e. The Kier molecular flexibility index (Phi) is 4.63. The van der Waals surface area contributed by atoms with Crippen molar-refractivity contribution in [1.82, 2.24) is 10.3 Å². The lowest BCUT2D eigenvalue weighted by Gasteiger charge is -2.13. The van der Waals surface area contributed by atoms with Gasteiger partial charge in [0, 0.05) is 18.7 Å². The average molecular weight is 276 g/mol. The van der Waals surface area contributed by atoms with Gasteiger partial charge in [-0.25, -0.2) is 4.98 Å². The molecule has 0 aliphatic rings. The van der Waals surface area contributed by atoms with Crippen LogP contribution >= 0.6 is 11.8 Å². The van der Waals surface area contributed by atoms with E-state index in [0.717, 1.165) is 10.8 Å². The lowest BCUT2D eigenvalue weighted by molar-refractivity contribution is 0.0935. The predicted octanol–water partition coefficient (Wildman–Crippen LogP) is 2.76. The van der Waals surface area contributed by atoms with Gasteiger partial charge in [-0.05, 0) is 37.4 Å². The number of amides is 1. The maximum absolute atomic E-state index is 12.2. The van der Waals surface area contributed by atoms with Crippen molar-refractivity contribution < 1.29 is 9.21 Å². The van der Waals surface area contributed by atoms with Gasteiger partial charge in [0.25, 0.3) is 5.91 Å². The van der Waals surface area contributed by atoms with Crippen LogP contribution < -0.4 is 5.32 Å². The van der Waals surface area contributed by atoms with Crippen LogP contribution in [0.2, 0.25) is 0 Å². The normalized spacial score (nSPS) is 12.1. The van der Waals surface area contributed by atoms with Gasteiger partial charge in [-0.3, -0.25) is 4.79 Å². The molecule has 5 heteroatoms. The fourth-order valence-corrected chi connectivity index (χ4v) is 2.36. The third-order valence-corrected chi connectivity index (χ3v) is 3.39. The molecular weight excluding hydrogens is 260 g/mol. The zero-order chi connectivity index (χ0) is 13.7. The van der Waals surface area contributed by atoms with Crippen LogP contribution in [-0.4, -0.2) is 23.2 Å². The number of thioether (sulfide) groups is 1. The molecule has 0 radical (unpaired) electrons. The number of aromatic nitrogens is 1. The van der Waals surface area contributed by atoms with Crippen LogP contribution in [0.1, 0.15) is 23.0 Å². The smallest absolute Gasteiger partial charge is 0.254 e. The minimum atomic E-state index is -0.100. The van der Waals surface area contributed by atoms with E-state index in [9.17, 15) is 4.79 Å². The van der Waals surface area contributed by atoms with E-state index in [-0.39, 0.29) is 11.9 Å². The number of furan rings is 1. The summed E-state index contributed by atoms with van der Waals surface area (Å²) in [5.41, 5.74) is 0.612. The number of pyridine rings is 1. The fourth-order valence-electron chi connectivity index (χ4n) is 1.81. The van der Waals surface area contributed by atoms with E-state index in [4.69, 9.17) is 4.42 Å². The molecule has 0 aliphatic carbocycles. The summed E-state index contributed by atoms with van der Waals surface area (Å²) in [5.74, 6) is 0.764. The van der Waals surface area contributed by atoms with Gasteiger partial charge in [0.05, 0.1) is 11.8 Å². The molecule has 0 aliphatic heterocycles. The largest absolute Gasteiger partial charge is 0.469 e. The van der Waals surface area contributed by atoms with Crippen LogP contribution in [0.3, 0.4) is 0 Å². The summed E-state index contributed by atoms with van der Waals surface area (Å²) < 4.78 is 5.27. The van der Waals surface area contributed by atoms with Crippen LogP contribution in [-0.2, 0) is 6.42 Å². The number of nitrogens with one attached hydrogen (secondary N) is 1. The molecular formula is C14H16N2O2S. The highest BCUT2D eigenvalue weighted by Crippen LogP contribution is 2.16. The summed E-state index contributed by atoms with van der Waals surface area (Å²) in [6, 6.07) is 7.31. The molecule has 0 aromatic carbocycles. The summed E-state index contributed by atoms with van der Waals surface area (Å²) in [7, 11) is 0. The highest BCUT2D eigenvalue weighted by molar-refractivity contribution is 7.98. The SMILES string of the molecule is CSc1ncccc1C(=O)NC(C)Cc1ccco1. The van der Waals surface area contributed by atoms with Crippen molar-refractivity contribution in [2.75, 3.05) is 6.26 Å². The molecule has 0 saturated carbocycles. The van der Waals surface area contributed by atoms with E-state index in [2.05, 4.69) is 10.3 Å². The summed E-state index contributed by atoms with van der Waals surface area (Å²) in [5, 5.41) is 3.70. The van der Waals surface area contributed by atoms with Crippen molar-refractivity contribution in [3.63, 3.8) is 0 Å². The van der Waals surface area contributed by atoms with E-state index in [0.29, 0.717) is 12.0 Å². The molecule has 2 heterocycles. The quantitative estimate of drug-likeness (QED) is 0.853. The first kappa shape index (κ1) is 13.7. The second kappa shape index (κ2) is 6.43. The van der Waals surface area contributed by atoms with E-state index in [1.807, 2.05) is 25.3 Å². The van der Waals surface area contributed by atoms with Crippen LogP contribution in [0.25, 0.3) is 0 Å². The Balaban J connectivity index is 2.00. The molecule has 2 aromatic rings. The molecule has 1 atom stereocenters. The number of hydrogen-bond donors (Lipinski definition) is 1. The van der Waals surface area contributed by atoms with Crippen LogP contribution in [0, 0.1) is 0 Å². The lowest BCUT2D eigenvalue weighted by atomic mass is 10.2. The lowest BCUT2D eigenvalue weighted by Crippen LogP contribution is -2.34. The molecule has 1 amide bonds. The standard InChI is InChI=1S/C14H16N2O2S/c1-10(9-11-5-4-8-18-11)16-13(17)12-6-3-7-15-14(12)19-2/h3-8,10H,9H2,1-2H3,(H,16,17). The monoisotopic (exact) mass is 276 g/mol. The van der Waals surface area contributed by atoms with Crippen molar-refractivity contribution >= 4 is 17.7 Å². The van der Waals surface area contributed by atoms with Gasteiger partial charge in [-0.2, -0.15) is 0 Å². The highest BCUT2D eigenvalue weighted by Gasteiger charge is 2.14. The third-order valence-electron chi connectivity index (χ3n) is 2.67. The van der Waals surface area contributed by atoms with Gasteiger partial charge < -0.3 is 9.73 Å². The summed E-state index contributed by atoms with van der Waals surface area (Å²) in [4.78, 5) is 16.4. The Labute approximate surface area is 116 Å². The first-order chi connectivity index (χ1) is 9.20. The third kappa shape index (κ3) is 3.61. The Morgan fingerprint density at radius 2 is 2.32 bits per heavy atom. The molecule has 2 aromatic heterocycles. The molecule has 2 rings (SSSR count). The Morgan fingerprint density at radius 3 is 3.00 bits per heavy atom. The number of carbonyl (C=O) groups excluding carboxylic acids is 1. The van der Waals surface area contributed by atoms with Gasteiger partial charge in [-0.1, -0.05) is 0 Å². The van der Waals surface area contributed by atoms with Crippen molar-refractivity contribution in [2.24, 2.45) is 0 Å². The molecule has 100 valence electrons. The zero-order valence-electron chi connectivity index (χ0n) is 10.9. The molecule has 0 spiro atoms. The van der Waals surface area contributed by atoms with E-state index >= 15 is 0 Å². The van der Waals surface area contributed by atoms with E-state index < -0.39 is 0 Å². The molecule has 4 nitrogen and oxygen atoms in total. The van der Waals surface area contributed by atoms with Crippen LogP contribution in [0.5, 0.6) is 0 Å². The number of rotatable bonds is 5. The van der Waals surface area contributed by atoms with Crippen molar-refractivity contribution in [3.8, 4) is 0 Å². The minimum absolute atomic E-state index is 0.00793. The van der Waals surface area contributed by atoms with Crippen molar-refractivity contribution in [1.29, 1.82) is 0 Å². The van der Waals surface area contributed by atoms with E-state index in [1.54, 1.807) is 24.6 Å². The number of hydrogen-bond acceptors (Lipinski definition) is 4. The second-order valence-corrected chi connectivity index (χ2v) is 5.01. The Morgan fingerprint density at radius 1 is 1.47 bits per heavy atom. The van der Waals surface area contributed by atoms with Crippen LogP contribution in [0.4, 0.5) is 0 Å². The minimum Gasteiger partial charge on any atom is -0.469 e. The maximum atomic E-state index is 12.2. The molecule has 19 heavy (non-hydrogen) atoms. The van der Waals surface area contributed by atoms with Gasteiger partial charge in [0.1, 0.15) is 10.8 Å². The first-order valence-electron chi connectivity index (χ1n) is 6.03. The van der Waals surface area contributed by atoms with Gasteiger partial charge in [0.2, 0.25) is 0 Å². The van der Waals surface area contributed by atoms with Gasteiger partial charge in [-0.15, -0.1) is 11.8 Å². The fraction of sp³-hybridized carbons (Fsp3) is 0.286.